The minimum atomic E-state index is 0.135. The molecule has 21 heavy (non-hydrogen) atoms. The van der Waals surface area contributed by atoms with Crippen molar-refractivity contribution in [2.24, 2.45) is 5.92 Å². The van der Waals surface area contributed by atoms with Gasteiger partial charge in [0.1, 0.15) is 0 Å². The summed E-state index contributed by atoms with van der Waals surface area (Å²) >= 11 is 0. The molecule has 0 aromatic carbocycles. The summed E-state index contributed by atoms with van der Waals surface area (Å²) in [5.41, 5.74) is 0. The zero-order valence-corrected chi connectivity index (χ0v) is 13.9. The van der Waals surface area contributed by atoms with Crippen LogP contribution in [0.5, 0.6) is 0 Å². The molecule has 5 nitrogen and oxygen atoms in total. The molecule has 0 bridgehead atoms. The van der Waals surface area contributed by atoms with Gasteiger partial charge < -0.3 is 15.1 Å². The standard InChI is InChI=1S/C16H31N3O2/c1-4-11-19(13-12-18(2)3)15(20)9-10-17-16(21)14-7-5-6-8-14/h14H,4-13H2,1-3H3,(H,17,21). The van der Waals surface area contributed by atoms with Gasteiger partial charge in [0.15, 0.2) is 0 Å². The van der Waals surface area contributed by atoms with Crippen LogP contribution in [0.1, 0.15) is 45.4 Å². The van der Waals surface area contributed by atoms with Crippen molar-refractivity contribution in [3.05, 3.63) is 0 Å². The molecule has 1 rings (SSSR count). The largest absolute Gasteiger partial charge is 0.355 e. The van der Waals surface area contributed by atoms with E-state index in [0.717, 1.165) is 51.7 Å². The molecule has 5 heteroatoms. The molecule has 0 heterocycles. The highest BCUT2D eigenvalue weighted by atomic mass is 16.2. The molecule has 1 N–H and O–H groups in total. The van der Waals surface area contributed by atoms with E-state index in [0.29, 0.717) is 13.0 Å². The molecule has 1 fully saturated rings. The van der Waals surface area contributed by atoms with Gasteiger partial charge >= 0.3 is 0 Å². The monoisotopic (exact) mass is 297 g/mol. The molecule has 0 saturated heterocycles. The number of carbonyl (C=O) groups is 2. The lowest BCUT2D eigenvalue weighted by Gasteiger charge is -2.24. The summed E-state index contributed by atoms with van der Waals surface area (Å²) in [5.74, 6) is 0.460. The Hall–Kier alpha value is -1.10. The fraction of sp³-hybridized carbons (Fsp3) is 0.875. The van der Waals surface area contributed by atoms with Crippen LogP contribution in [-0.4, -0.2) is 61.9 Å². The maximum absolute atomic E-state index is 12.2. The summed E-state index contributed by atoms with van der Waals surface area (Å²) in [5, 5.41) is 2.92. The van der Waals surface area contributed by atoms with Crippen molar-refractivity contribution < 1.29 is 9.59 Å². The summed E-state index contributed by atoms with van der Waals surface area (Å²) in [6, 6.07) is 0. The van der Waals surface area contributed by atoms with Crippen molar-refractivity contribution in [1.82, 2.24) is 15.1 Å². The van der Waals surface area contributed by atoms with Crippen molar-refractivity contribution in [3.8, 4) is 0 Å². The van der Waals surface area contributed by atoms with E-state index in [1.54, 1.807) is 0 Å². The first kappa shape index (κ1) is 18.0. The number of likely N-dealkylation sites (N-methyl/N-ethyl adjacent to an activating group) is 1. The summed E-state index contributed by atoms with van der Waals surface area (Å²) in [6.07, 6.45) is 5.70. The van der Waals surface area contributed by atoms with Gasteiger partial charge in [-0.25, -0.2) is 0 Å². The molecule has 0 radical (unpaired) electrons. The molecule has 0 atom stereocenters. The lowest BCUT2D eigenvalue weighted by Crippen LogP contribution is -2.39. The quantitative estimate of drug-likeness (QED) is 0.701. The van der Waals surface area contributed by atoms with E-state index in [2.05, 4.69) is 17.1 Å². The Labute approximate surface area is 129 Å². The summed E-state index contributed by atoms with van der Waals surface area (Å²) in [7, 11) is 4.02. The van der Waals surface area contributed by atoms with Gasteiger partial charge in [0.05, 0.1) is 0 Å². The summed E-state index contributed by atoms with van der Waals surface area (Å²) in [4.78, 5) is 28.1. The van der Waals surface area contributed by atoms with E-state index in [9.17, 15) is 9.59 Å². The van der Waals surface area contributed by atoms with E-state index in [1.807, 2.05) is 19.0 Å². The molecule has 1 aliphatic rings. The average Bonchev–Trinajstić information content (AvgIpc) is 2.97. The third-order valence-corrected chi connectivity index (χ3v) is 4.03. The summed E-state index contributed by atoms with van der Waals surface area (Å²) in [6.45, 7) is 4.98. The normalized spacial score (nSPS) is 15.4. The van der Waals surface area contributed by atoms with Gasteiger partial charge in [-0.1, -0.05) is 19.8 Å². The van der Waals surface area contributed by atoms with Gasteiger partial charge in [-0.15, -0.1) is 0 Å². The number of carbonyl (C=O) groups excluding carboxylic acids is 2. The van der Waals surface area contributed by atoms with Crippen LogP contribution in [0.2, 0.25) is 0 Å². The molecular formula is C16H31N3O2. The van der Waals surface area contributed by atoms with Crippen LogP contribution >= 0.6 is 0 Å². The van der Waals surface area contributed by atoms with E-state index in [4.69, 9.17) is 0 Å². The molecule has 0 aromatic heterocycles. The first-order valence-corrected chi connectivity index (χ1v) is 8.24. The van der Waals surface area contributed by atoms with Crippen molar-refractivity contribution in [2.45, 2.75) is 45.4 Å². The molecule has 0 spiro atoms. The second kappa shape index (κ2) is 9.77. The van der Waals surface area contributed by atoms with E-state index in [-0.39, 0.29) is 17.7 Å². The topological polar surface area (TPSA) is 52.6 Å². The molecular weight excluding hydrogens is 266 g/mol. The fourth-order valence-electron chi connectivity index (χ4n) is 2.73. The van der Waals surface area contributed by atoms with E-state index >= 15 is 0 Å². The Balaban J connectivity index is 2.26. The molecule has 122 valence electrons. The van der Waals surface area contributed by atoms with Crippen molar-refractivity contribution >= 4 is 11.8 Å². The predicted molar refractivity (Wildman–Crippen MR) is 85.0 cm³/mol. The van der Waals surface area contributed by atoms with Gasteiger partial charge in [-0.3, -0.25) is 9.59 Å². The molecule has 1 aliphatic carbocycles. The second-order valence-corrected chi connectivity index (χ2v) is 6.21. The SMILES string of the molecule is CCCN(CCN(C)C)C(=O)CCNC(=O)C1CCCC1. The minimum absolute atomic E-state index is 0.135. The smallest absolute Gasteiger partial charge is 0.224 e. The molecule has 1 saturated carbocycles. The van der Waals surface area contributed by atoms with Crippen LogP contribution in [0.15, 0.2) is 0 Å². The Bertz CT molecular complexity index is 325. The zero-order valence-electron chi connectivity index (χ0n) is 13.9. The third-order valence-electron chi connectivity index (χ3n) is 4.03. The second-order valence-electron chi connectivity index (χ2n) is 6.21. The lowest BCUT2D eigenvalue weighted by atomic mass is 10.1. The van der Waals surface area contributed by atoms with Crippen LogP contribution in [0, 0.1) is 5.92 Å². The number of amides is 2. The number of nitrogens with one attached hydrogen (secondary N) is 1. The van der Waals surface area contributed by atoms with Crippen molar-refractivity contribution in [1.29, 1.82) is 0 Å². The van der Waals surface area contributed by atoms with Gasteiger partial charge in [-0.2, -0.15) is 0 Å². The Morgan fingerprint density at radius 3 is 2.33 bits per heavy atom. The van der Waals surface area contributed by atoms with Crippen LogP contribution in [0.3, 0.4) is 0 Å². The van der Waals surface area contributed by atoms with Gasteiger partial charge in [0.2, 0.25) is 11.8 Å². The van der Waals surface area contributed by atoms with E-state index < -0.39 is 0 Å². The Morgan fingerprint density at radius 2 is 1.76 bits per heavy atom. The van der Waals surface area contributed by atoms with Crippen LogP contribution in [0.4, 0.5) is 0 Å². The highest BCUT2D eigenvalue weighted by molar-refractivity contribution is 5.80. The third kappa shape index (κ3) is 6.93. The number of hydrogen-bond donors (Lipinski definition) is 1. The number of nitrogens with zero attached hydrogens (tertiary/aromatic N) is 2. The first-order chi connectivity index (χ1) is 10.0. The Morgan fingerprint density at radius 1 is 1.10 bits per heavy atom. The zero-order chi connectivity index (χ0) is 15.7. The minimum Gasteiger partial charge on any atom is -0.355 e. The van der Waals surface area contributed by atoms with Gasteiger partial charge in [0, 0.05) is 38.5 Å². The number of hydrogen-bond acceptors (Lipinski definition) is 3. The van der Waals surface area contributed by atoms with Gasteiger partial charge in [0.25, 0.3) is 0 Å². The lowest BCUT2D eigenvalue weighted by molar-refractivity contribution is -0.131. The summed E-state index contributed by atoms with van der Waals surface area (Å²) < 4.78 is 0. The fourth-order valence-corrected chi connectivity index (χ4v) is 2.73. The molecule has 2 amide bonds. The van der Waals surface area contributed by atoms with Crippen molar-refractivity contribution in [2.75, 3.05) is 40.3 Å². The molecule has 0 aliphatic heterocycles. The highest BCUT2D eigenvalue weighted by Gasteiger charge is 2.22. The maximum Gasteiger partial charge on any atom is 0.224 e. The van der Waals surface area contributed by atoms with Gasteiger partial charge in [-0.05, 0) is 33.4 Å². The predicted octanol–water partition coefficient (Wildman–Crippen LogP) is 1.48. The highest BCUT2D eigenvalue weighted by Crippen LogP contribution is 2.24. The Kier molecular flexibility index (Phi) is 8.35. The average molecular weight is 297 g/mol. The van der Waals surface area contributed by atoms with Crippen LogP contribution in [0.25, 0.3) is 0 Å². The maximum atomic E-state index is 12.2. The van der Waals surface area contributed by atoms with Crippen LogP contribution in [-0.2, 0) is 9.59 Å². The first-order valence-electron chi connectivity index (χ1n) is 8.24. The van der Waals surface area contributed by atoms with E-state index in [1.165, 1.54) is 0 Å². The molecule has 0 aromatic rings. The van der Waals surface area contributed by atoms with Crippen molar-refractivity contribution in [3.63, 3.8) is 0 Å². The van der Waals surface area contributed by atoms with Crippen LogP contribution < -0.4 is 5.32 Å². The molecule has 0 unspecified atom stereocenters. The number of rotatable bonds is 9.